The van der Waals surface area contributed by atoms with Crippen LogP contribution in [0.3, 0.4) is 0 Å². The highest BCUT2D eigenvalue weighted by Gasteiger charge is 2.50. The van der Waals surface area contributed by atoms with Gasteiger partial charge >= 0.3 is 11.9 Å². The van der Waals surface area contributed by atoms with Gasteiger partial charge in [-0.2, -0.15) is 0 Å². The third kappa shape index (κ3) is 4.49. The number of aliphatic hydroxyl groups excluding tert-OH is 1. The van der Waals surface area contributed by atoms with E-state index in [0.717, 1.165) is 70.6 Å². The normalized spacial score (nSPS) is 26.0. The second-order valence-electron chi connectivity index (χ2n) is 8.58. The molecule has 3 fully saturated rings. The van der Waals surface area contributed by atoms with E-state index in [2.05, 4.69) is 14.5 Å². The van der Waals surface area contributed by atoms with Gasteiger partial charge in [-0.25, -0.2) is 4.79 Å². The maximum atomic E-state index is 12.7. The van der Waals surface area contributed by atoms with Crippen molar-refractivity contribution in [3.05, 3.63) is 23.7 Å². The number of rotatable bonds is 5. The fourth-order valence-corrected chi connectivity index (χ4v) is 4.77. The number of piperidine rings is 2. The van der Waals surface area contributed by atoms with Gasteiger partial charge in [-0.3, -0.25) is 14.6 Å². The number of nitrogens with zero attached hydrogens (tertiary/aromatic N) is 2. The van der Waals surface area contributed by atoms with E-state index in [1.54, 1.807) is 12.1 Å². The number of aliphatic hydroxyl groups is 1. The van der Waals surface area contributed by atoms with Gasteiger partial charge in [0.2, 0.25) is 5.76 Å². The molecule has 1 atom stereocenters. The van der Waals surface area contributed by atoms with Crippen LogP contribution in [0.15, 0.2) is 16.5 Å². The van der Waals surface area contributed by atoms with E-state index in [4.69, 9.17) is 9.15 Å². The zero-order valence-corrected chi connectivity index (χ0v) is 17.0. The number of hydrogen-bond acceptors (Lipinski definition) is 8. The zero-order valence-electron chi connectivity index (χ0n) is 17.0. The summed E-state index contributed by atoms with van der Waals surface area (Å²) >= 11 is 0. The van der Waals surface area contributed by atoms with E-state index in [1.165, 1.54) is 7.11 Å². The first kappa shape index (κ1) is 20.4. The Balaban J connectivity index is 1.27. The van der Waals surface area contributed by atoms with Crippen molar-refractivity contribution >= 4 is 11.9 Å². The molecule has 8 heteroatoms. The minimum Gasteiger partial charge on any atom is -0.463 e. The van der Waals surface area contributed by atoms with Crippen molar-refractivity contribution in [1.29, 1.82) is 0 Å². The molecule has 4 rings (SSSR count). The van der Waals surface area contributed by atoms with Crippen LogP contribution in [0.5, 0.6) is 0 Å². The van der Waals surface area contributed by atoms with Crippen molar-refractivity contribution in [2.45, 2.75) is 50.9 Å². The van der Waals surface area contributed by atoms with E-state index < -0.39 is 5.97 Å². The fourth-order valence-electron chi connectivity index (χ4n) is 4.77. The summed E-state index contributed by atoms with van der Waals surface area (Å²) in [5.74, 6) is 0.408. The van der Waals surface area contributed by atoms with Gasteiger partial charge in [0.1, 0.15) is 11.9 Å². The lowest BCUT2D eigenvalue weighted by atomic mass is 9.76. The van der Waals surface area contributed by atoms with E-state index in [0.29, 0.717) is 6.54 Å². The number of methoxy groups -OCH3 is 1. The molecule has 3 aliphatic heterocycles. The van der Waals surface area contributed by atoms with Crippen molar-refractivity contribution in [3.63, 3.8) is 0 Å². The molecule has 0 saturated carbocycles. The van der Waals surface area contributed by atoms with E-state index in [-0.39, 0.29) is 29.4 Å². The van der Waals surface area contributed by atoms with Crippen LogP contribution < -0.4 is 0 Å². The highest BCUT2D eigenvalue weighted by Crippen LogP contribution is 2.43. The van der Waals surface area contributed by atoms with Crippen LogP contribution in [0.2, 0.25) is 0 Å². The zero-order chi connectivity index (χ0) is 20.4. The molecule has 1 unspecified atom stereocenters. The van der Waals surface area contributed by atoms with Crippen LogP contribution in [0.1, 0.15) is 48.4 Å². The highest BCUT2D eigenvalue weighted by molar-refractivity contribution is 5.86. The number of cyclic esters (lactones) is 1. The fraction of sp³-hybridized carbons (Fsp3) is 0.714. The van der Waals surface area contributed by atoms with E-state index in [1.807, 2.05) is 0 Å². The summed E-state index contributed by atoms with van der Waals surface area (Å²) in [6.07, 6.45) is 3.71. The number of carbonyl (C=O) groups excluding carboxylic acids is 2. The summed E-state index contributed by atoms with van der Waals surface area (Å²) in [6.45, 7) is 4.71. The van der Waals surface area contributed by atoms with Crippen molar-refractivity contribution in [2.24, 2.45) is 5.41 Å². The minimum atomic E-state index is -0.475. The Bertz CT molecular complexity index is 731. The second kappa shape index (κ2) is 8.45. The maximum Gasteiger partial charge on any atom is 0.373 e. The van der Waals surface area contributed by atoms with Gasteiger partial charge in [-0.15, -0.1) is 0 Å². The molecule has 160 valence electrons. The molecule has 1 aromatic rings. The number of likely N-dealkylation sites (tertiary alicyclic amines) is 2. The lowest BCUT2D eigenvalue weighted by Crippen LogP contribution is -2.42. The predicted molar refractivity (Wildman–Crippen MR) is 103 cm³/mol. The average molecular weight is 406 g/mol. The van der Waals surface area contributed by atoms with E-state index in [9.17, 15) is 14.7 Å². The first-order valence-corrected chi connectivity index (χ1v) is 10.5. The quantitative estimate of drug-likeness (QED) is 0.734. The van der Waals surface area contributed by atoms with Crippen LogP contribution in [-0.2, 0) is 20.8 Å². The highest BCUT2D eigenvalue weighted by atomic mass is 16.6. The molecule has 0 aromatic carbocycles. The summed E-state index contributed by atoms with van der Waals surface area (Å²) in [7, 11) is 1.33. The summed E-state index contributed by atoms with van der Waals surface area (Å²) < 4.78 is 16.0. The van der Waals surface area contributed by atoms with Gasteiger partial charge in [-0.1, -0.05) is 0 Å². The number of esters is 2. The Labute approximate surface area is 170 Å². The summed E-state index contributed by atoms with van der Waals surface area (Å²) in [5.41, 5.74) is -0.364. The van der Waals surface area contributed by atoms with Gasteiger partial charge in [-0.05, 0) is 50.9 Å². The topological polar surface area (TPSA) is 92.5 Å². The number of furan rings is 1. The first-order chi connectivity index (χ1) is 14.0. The molecule has 8 nitrogen and oxygen atoms in total. The molecular formula is C21H30N2O6. The first-order valence-electron chi connectivity index (χ1n) is 10.5. The Morgan fingerprint density at radius 1 is 1.21 bits per heavy atom. The SMILES string of the molecule is COC(=O)c1ccc(CN2CCC3(CC2)CC(CN2CCC(O)CC2)OC3=O)o1. The van der Waals surface area contributed by atoms with E-state index >= 15 is 0 Å². The largest absolute Gasteiger partial charge is 0.463 e. The standard InChI is InChI=1S/C21H30N2O6/c1-27-19(25)18-3-2-16(28-18)13-23-10-6-21(7-11-23)12-17(29-20(21)26)14-22-8-4-15(24)5-9-22/h2-3,15,17,24H,4-14H2,1H3. The molecular weight excluding hydrogens is 376 g/mol. The van der Waals surface area contributed by atoms with Gasteiger partial charge in [0.25, 0.3) is 0 Å². The molecule has 0 radical (unpaired) electrons. The van der Waals surface area contributed by atoms with Crippen molar-refractivity contribution < 1.29 is 28.6 Å². The van der Waals surface area contributed by atoms with Gasteiger partial charge in [0.15, 0.2) is 0 Å². The van der Waals surface area contributed by atoms with Crippen molar-refractivity contribution in [3.8, 4) is 0 Å². The van der Waals surface area contributed by atoms with Gasteiger partial charge in [0, 0.05) is 26.1 Å². The molecule has 0 aliphatic carbocycles. The Morgan fingerprint density at radius 3 is 2.62 bits per heavy atom. The predicted octanol–water partition coefficient (Wildman–Crippen LogP) is 1.42. The molecule has 0 bridgehead atoms. The Hall–Kier alpha value is -1.90. The molecule has 3 saturated heterocycles. The van der Waals surface area contributed by atoms with Crippen molar-refractivity contribution in [1.82, 2.24) is 9.80 Å². The number of ether oxygens (including phenoxy) is 2. The average Bonchev–Trinajstić information content (AvgIpc) is 3.30. The second-order valence-corrected chi connectivity index (χ2v) is 8.58. The van der Waals surface area contributed by atoms with Gasteiger partial charge in [0.05, 0.1) is 25.2 Å². The molecule has 3 aliphatic rings. The molecule has 29 heavy (non-hydrogen) atoms. The minimum absolute atomic E-state index is 0.0445. The maximum absolute atomic E-state index is 12.7. The van der Waals surface area contributed by atoms with Crippen molar-refractivity contribution in [2.75, 3.05) is 39.8 Å². The summed E-state index contributed by atoms with van der Waals surface area (Å²) in [4.78, 5) is 28.7. The number of hydrogen-bond donors (Lipinski definition) is 1. The van der Waals surface area contributed by atoms with Crippen LogP contribution in [0, 0.1) is 5.41 Å². The lowest BCUT2D eigenvalue weighted by Gasteiger charge is -2.36. The third-order valence-corrected chi connectivity index (χ3v) is 6.58. The lowest BCUT2D eigenvalue weighted by molar-refractivity contribution is -0.151. The van der Waals surface area contributed by atoms with Crippen LogP contribution >= 0.6 is 0 Å². The van der Waals surface area contributed by atoms with Crippen LogP contribution in [0.25, 0.3) is 0 Å². The number of carbonyl (C=O) groups is 2. The van der Waals surface area contributed by atoms with Gasteiger partial charge < -0.3 is 19.0 Å². The molecule has 1 spiro atoms. The van der Waals surface area contributed by atoms with Crippen LogP contribution in [-0.4, -0.2) is 78.9 Å². The summed E-state index contributed by atoms with van der Waals surface area (Å²) in [6, 6.07) is 3.43. The molecule has 1 N–H and O–H groups in total. The molecule has 4 heterocycles. The smallest absolute Gasteiger partial charge is 0.373 e. The Kier molecular flexibility index (Phi) is 5.94. The molecule has 0 amide bonds. The molecule has 1 aromatic heterocycles. The monoisotopic (exact) mass is 406 g/mol. The Morgan fingerprint density at radius 2 is 1.93 bits per heavy atom. The van der Waals surface area contributed by atoms with Crippen LogP contribution in [0.4, 0.5) is 0 Å². The third-order valence-electron chi connectivity index (χ3n) is 6.58. The summed E-state index contributed by atoms with van der Waals surface area (Å²) in [5, 5.41) is 9.65.